The Bertz CT molecular complexity index is 1150. The van der Waals surface area contributed by atoms with Crippen LogP contribution in [0.3, 0.4) is 0 Å². The van der Waals surface area contributed by atoms with E-state index in [2.05, 4.69) is 6.07 Å². The topological polar surface area (TPSA) is 17.1 Å². The highest BCUT2D eigenvalue weighted by Gasteiger charge is 2.28. The minimum atomic E-state index is -1.69. The van der Waals surface area contributed by atoms with Gasteiger partial charge in [0, 0.05) is 22.0 Å². The molecule has 4 aromatic carbocycles. The lowest BCUT2D eigenvalue weighted by Crippen LogP contribution is -2.15. The van der Waals surface area contributed by atoms with Crippen molar-refractivity contribution in [1.29, 1.82) is 0 Å². The maximum atomic E-state index is 13.5. The lowest BCUT2D eigenvalue weighted by atomic mass is 9.95. The molecule has 0 aliphatic carbocycles. The molecule has 0 bridgehead atoms. The van der Waals surface area contributed by atoms with Crippen LogP contribution < -0.4 is 10.6 Å². The highest BCUT2D eigenvalue weighted by Crippen LogP contribution is 2.27. The third kappa shape index (κ3) is 4.99. The second-order valence-electron chi connectivity index (χ2n) is 7.15. The van der Waals surface area contributed by atoms with Crippen molar-refractivity contribution in [1.82, 2.24) is 0 Å². The van der Waals surface area contributed by atoms with Gasteiger partial charge in [0.1, 0.15) is 0 Å². The molecule has 0 aliphatic heterocycles. The van der Waals surface area contributed by atoms with Crippen molar-refractivity contribution < 1.29 is 4.57 Å². The van der Waals surface area contributed by atoms with E-state index in [1.807, 2.05) is 91.0 Å². The molecule has 0 aromatic heterocycles. The molecule has 0 aliphatic rings. The highest BCUT2D eigenvalue weighted by molar-refractivity contribution is 7.61. The fraction of sp³-hybridized carbons (Fsp3) is 0.0769. The molecule has 4 heteroatoms. The van der Waals surface area contributed by atoms with E-state index in [1.54, 1.807) is 0 Å². The quantitative estimate of drug-likeness (QED) is 0.291. The normalized spacial score (nSPS) is 11.3. The number of rotatable bonds is 6. The Morgan fingerprint density at radius 1 is 0.600 bits per heavy atom. The van der Waals surface area contributed by atoms with E-state index < -0.39 is 7.80 Å². The van der Waals surface area contributed by atoms with Gasteiger partial charge >= 0.3 is 7.80 Å². The maximum Gasteiger partial charge on any atom is 0.415 e. The van der Waals surface area contributed by atoms with Crippen molar-refractivity contribution in [3.05, 3.63) is 129 Å². The van der Waals surface area contributed by atoms with Crippen LogP contribution in [0, 0.1) is 0 Å². The Hall–Kier alpha value is -2.44. The van der Waals surface area contributed by atoms with Crippen LogP contribution in [-0.2, 0) is 17.4 Å². The van der Waals surface area contributed by atoms with E-state index >= 15 is 0 Å². The third-order valence-corrected chi connectivity index (χ3v) is 7.19. The van der Waals surface area contributed by atoms with Crippen LogP contribution >= 0.6 is 31.0 Å². The van der Waals surface area contributed by atoms with Gasteiger partial charge in [-0.2, -0.15) is 0 Å². The second-order valence-corrected chi connectivity index (χ2v) is 9.61. The van der Waals surface area contributed by atoms with E-state index in [9.17, 15) is 4.57 Å². The summed E-state index contributed by atoms with van der Waals surface area (Å²) >= 11 is 12.1. The molecule has 0 spiro atoms. The Kier molecular flexibility index (Phi) is 6.65. The summed E-state index contributed by atoms with van der Waals surface area (Å²) in [5.74, 6) is 0. The summed E-state index contributed by atoms with van der Waals surface area (Å²) in [6, 6.07) is 31.5. The first-order chi connectivity index (χ1) is 14.6. The minimum absolute atomic E-state index is 0.699. The van der Waals surface area contributed by atoms with Gasteiger partial charge < -0.3 is 0 Å². The van der Waals surface area contributed by atoms with Crippen molar-refractivity contribution in [3.63, 3.8) is 0 Å². The summed E-state index contributed by atoms with van der Waals surface area (Å²) in [7, 11) is -1.69. The van der Waals surface area contributed by atoms with E-state index in [-0.39, 0.29) is 0 Å². The van der Waals surface area contributed by atoms with Crippen LogP contribution in [0.15, 0.2) is 97.1 Å². The smallest absolute Gasteiger partial charge is 0.0843 e. The number of hydrogen-bond donors (Lipinski definition) is 0. The Morgan fingerprint density at radius 2 is 1.17 bits per heavy atom. The zero-order chi connectivity index (χ0) is 20.9. The highest BCUT2D eigenvalue weighted by atomic mass is 35.5. The minimum Gasteiger partial charge on any atom is -0.0843 e. The van der Waals surface area contributed by atoms with E-state index in [0.29, 0.717) is 11.4 Å². The molecule has 0 amide bonds. The first-order valence-electron chi connectivity index (χ1n) is 9.72. The maximum absolute atomic E-state index is 13.5. The fourth-order valence-electron chi connectivity index (χ4n) is 3.51. The van der Waals surface area contributed by atoms with Gasteiger partial charge in [0.05, 0.1) is 0 Å². The molecule has 1 unspecified atom stereocenters. The Balaban J connectivity index is 1.77. The average molecular weight is 450 g/mol. The van der Waals surface area contributed by atoms with Gasteiger partial charge in [0.25, 0.3) is 0 Å². The van der Waals surface area contributed by atoms with Crippen LogP contribution in [-0.4, -0.2) is 0 Å². The fourth-order valence-corrected chi connectivity index (χ4v) is 5.17. The second kappa shape index (κ2) is 9.58. The van der Waals surface area contributed by atoms with Crippen LogP contribution in [0.2, 0.25) is 10.0 Å². The lowest BCUT2D eigenvalue weighted by molar-refractivity contribution is 0.598. The van der Waals surface area contributed by atoms with Crippen molar-refractivity contribution in [2.24, 2.45) is 0 Å². The van der Waals surface area contributed by atoms with Gasteiger partial charge in [-0.3, -0.25) is 0 Å². The predicted octanol–water partition coefficient (Wildman–Crippen LogP) is 6.95. The van der Waals surface area contributed by atoms with Crippen LogP contribution in [0.4, 0.5) is 0 Å². The van der Waals surface area contributed by atoms with Crippen molar-refractivity contribution in [2.75, 3.05) is 0 Å². The summed E-state index contributed by atoms with van der Waals surface area (Å²) in [4.78, 5) is 0. The monoisotopic (exact) mass is 449 g/mol. The van der Waals surface area contributed by atoms with Gasteiger partial charge in [0.2, 0.25) is 0 Å². The molecule has 0 saturated carbocycles. The molecule has 4 rings (SSSR count). The summed E-state index contributed by atoms with van der Waals surface area (Å²) in [6.07, 6.45) is 1.45. The van der Waals surface area contributed by atoms with E-state index in [0.717, 1.165) is 33.2 Å². The molecule has 0 radical (unpaired) electrons. The molecule has 1 nitrogen and oxygen atoms in total. The predicted molar refractivity (Wildman–Crippen MR) is 128 cm³/mol. The van der Waals surface area contributed by atoms with Gasteiger partial charge in [0.15, 0.2) is 10.6 Å². The molecule has 1 atom stereocenters. The molecule has 4 aromatic rings. The van der Waals surface area contributed by atoms with Crippen molar-refractivity contribution in [2.45, 2.75) is 12.8 Å². The van der Waals surface area contributed by atoms with Gasteiger partial charge in [-0.05, 0) is 65.6 Å². The summed E-state index contributed by atoms with van der Waals surface area (Å²) in [5.41, 5.74) is 4.59. The Labute approximate surface area is 188 Å². The first kappa shape index (κ1) is 20.8. The van der Waals surface area contributed by atoms with Crippen molar-refractivity contribution >= 4 is 41.6 Å². The molecule has 0 saturated heterocycles. The number of halogens is 2. The molecule has 0 fully saturated rings. The Morgan fingerprint density at radius 3 is 1.77 bits per heavy atom. The average Bonchev–Trinajstić information content (AvgIpc) is 2.78. The van der Waals surface area contributed by atoms with Crippen LogP contribution in [0.25, 0.3) is 0 Å². The van der Waals surface area contributed by atoms with Gasteiger partial charge in [-0.15, -0.1) is 0 Å². The first-order valence-corrected chi connectivity index (χ1v) is 11.7. The van der Waals surface area contributed by atoms with Crippen LogP contribution in [0.5, 0.6) is 0 Å². The third-order valence-electron chi connectivity index (χ3n) is 5.06. The zero-order valence-corrected chi connectivity index (χ0v) is 18.7. The number of benzene rings is 4. The summed E-state index contributed by atoms with van der Waals surface area (Å²) in [6.45, 7) is 0. The zero-order valence-electron chi connectivity index (χ0n) is 16.3. The van der Waals surface area contributed by atoms with E-state index in [4.69, 9.17) is 23.2 Å². The molecular weight excluding hydrogens is 430 g/mol. The van der Waals surface area contributed by atoms with E-state index in [1.165, 1.54) is 11.1 Å². The lowest BCUT2D eigenvalue weighted by Gasteiger charge is -2.11. The molecule has 0 heterocycles. The largest absolute Gasteiger partial charge is 0.415 e. The van der Waals surface area contributed by atoms with Crippen molar-refractivity contribution in [3.8, 4) is 0 Å². The molecule has 30 heavy (non-hydrogen) atoms. The van der Waals surface area contributed by atoms with Gasteiger partial charge in [-0.1, -0.05) is 82.4 Å². The molecular formula is C26H20Cl2OP+. The molecule has 0 N–H and O–H groups in total. The molecule has 148 valence electrons. The van der Waals surface area contributed by atoms with Crippen LogP contribution in [0.1, 0.15) is 22.3 Å². The standard InChI is InChI=1S/C26H20Cl2OP/c27-22-13-9-19(10-14-22)17-21-5-4-8-26(30(29)24-6-2-1-3-7-24)25(21)18-20-11-15-23(28)16-12-20/h1-16H,17-18H2/q+1. The SMILES string of the molecule is O=[P+](c1ccccc1)c1cccc(Cc2ccc(Cl)cc2)c1Cc1ccc(Cl)cc1. The summed E-state index contributed by atoms with van der Waals surface area (Å²) in [5, 5.41) is 3.16. The number of hydrogen-bond acceptors (Lipinski definition) is 1. The van der Waals surface area contributed by atoms with Gasteiger partial charge in [-0.25, -0.2) is 0 Å². The summed E-state index contributed by atoms with van der Waals surface area (Å²) < 4.78 is 13.5.